The summed E-state index contributed by atoms with van der Waals surface area (Å²) < 4.78 is 11.8. The molecule has 0 amide bonds. The van der Waals surface area contributed by atoms with Gasteiger partial charge >= 0.3 is 0 Å². The van der Waals surface area contributed by atoms with Gasteiger partial charge in [0.1, 0.15) is 5.75 Å². The molecule has 0 saturated carbocycles. The van der Waals surface area contributed by atoms with Crippen molar-refractivity contribution in [2.45, 2.75) is 13.5 Å². The first-order chi connectivity index (χ1) is 10.2. The Labute approximate surface area is 130 Å². The van der Waals surface area contributed by atoms with E-state index >= 15 is 0 Å². The number of ether oxygens (including phenoxy) is 1. The smallest absolute Gasteiger partial charge is 0.264 e. The zero-order valence-electron chi connectivity index (χ0n) is 11.4. The molecule has 0 spiro atoms. The lowest BCUT2D eigenvalue weighted by molar-refractivity contribution is 0.243. The summed E-state index contributed by atoms with van der Waals surface area (Å²) in [6, 6.07) is 15.6. The van der Waals surface area contributed by atoms with Crippen molar-refractivity contribution in [1.82, 2.24) is 10.1 Å². The third-order valence-electron chi connectivity index (χ3n) is 2.95. The fraction of sp³-hybridized carbons (Fsp3) is 0.125. The van der Waals surface area contributed by atoms with Crippen molar-refractivity contribution in [2.24, 2.45) is 0 Å². The quantitative estimate of drug-likeness (QED) is 0.704. The molecule has 3 aromatic rings. The molecule has 0 saturated heterocycles. The second-order valence-corrected chi connectivity index (χ2v) is 5.54. The van der Waals surface area contributed by atoms with E-state index in [0.717, 1.165) is 15.8 Å². The van der Waals surface area contributed by atoms with Crippen LogP contribution in [0.25, 0.3) is 11.4 Å². The number of aromatic nitrogens is 2. The molecular weight excluding hydrogens is 332 g/mol. The van der Waals surface area contributed by atoms with Gasteiger partial charge < -0.3 is 9.26 Å². The van der Waals surface area contributed by atoms with Crippen molar-refractivity contribution in [1.29, 1.82) is 0 Å². The fourth-order valence-corrected chi connectivity index (χ4v) is 2.07. The van der Waals surface area contributed by atoms with E-state index in [4.69, 9.17) is 9.26 Å². The Balaban J connectivity index is 1.67. The Morgan fingerprint density at radius 3 is 2.48 bits per heavy atom. The number of nitrogens with zero attached hydrogens (tertiary/aromatic N) is 2. The number of aryl methyl sites for hydroxylation is 1. The van der Waals surface area contributed by atoms with Crippen molar-refractivity contribution < 1.29 is 9.26 Å². The zero-order chi connectivity index (χ0) is 14.7. The zero-order valence-corrected chi connectivity index (χ0v) is 13.0. The monoisotopic (exact) mass is 344 g/mol. The maximum atomic E-state index is 5.60. The molecule has 0 aliphatic carbocycles. The first-order valence-electron chi connectivity index (χ1n) is 6.49. The van der Waals surface area contributed by atoms with Crippen LogP contribution in [0, 0.1) is 6.92 Å². The summed E-state index contributed by atoms with van der Waals surface area (Å²) in [6.45, 7) is 2.29. The van der Waals surface area contributed by atoms with Crippen LogP contribution in [-0.2, 0) is 6.61 Å². The van der Waals surface area contributed by atoms with Gasteiger partial charge in [-0.05, 0) is 31.2 Å². The van der Waals surface area contributed by atoms with E-state index < -0.39 is 0 Å². The average molecular weight is 345 g/mol. The van der Waals surface area contributed by atoms with Crippen LogP contribution in [-0.4, -0.2) is 10.1 Å². The van der Waals surface area contributed by atoms with Crippen molar-refractivity contribution in [3.8, 4) is 17.1 Å². The van der Waals surface area contributed by atoms with E-state index in [9.17, 15) is 0 Å². The molecule has 0 aliphatic heterocycles. The summed E-state index contributed by atoms with van der Waals surface area (Å²) in [7, 11) is 0. The molecule has 0 aliphatic rings. The normalized spacial score (nSPS) is 10.6. The molecule has 1 aromatic heterocycles. The van der Waals surface area contributed by atoms with Gasteiger partial charge in [0.15, 0.2) is 6.61 Å². The number of hydrogen-bond acceptors (Lipinski definition) is 4. The number of halogens is 1. The molecular formula is C16H13BrN2O2. The first kappa shape index (κ1) is 13.8. The third-order valence-corrected chi connectivity index (χ3v) is 3.48. The van der Waals surface area contributed by atoms with E-state index in [-0.39, 0.29) is 6.61 Å². The Morgan fingerprint density at radius 2 is 1.76 bits per heavy atom. The highest BCUT2D eigenvalue weighted by atomic mass is 79.9. The molecule has 106 valence electrons. The lowest BCUT2D eigenvalue weighted by atomic mass is 10.1. The van der Waals surface area contributed by atoms with Gasteiger partial charge in [0, 0.05) is 10.0 Å². The fourth-order valence-electron chi connectivity index (χ4n) is 1.81. The molecule has 0 N–H and O–H groups in total. The summed E-state index contributed by atoms with van der Waals surface area (Å²) in [5.74, 6) is 1.78. The Kier molecular flexibility index (Phi) is 4.01. The van der Waals surface area contributed by atoms with Crippen LogP contribution < -0.4 is 4.74 Å². The summed E-state index contributed by atoms with van der Waals surface area (Å²) >= 11 is 3.38. The van der Waals surface area contributed by atoms with Gasteiger partial charge in [0.05, 0.1) is 0 Å². The molecule has 0 radical (unpaired) electrons. The predicted octanol–water partition coefficient (Wildman–Crippen LogP) is 4.39. The van der Waals surface area contributed by atoms with Crippen molar-refractivity contribution in [3.63, 3.8) is 0 Å². The van der Waals surface area contributed by atoms with Gasteiger partial charge in [0.2, 0.25) is 5.82 Å². The lowest BCUT2D eigenvalue weighted by Crippen LogP contribution is -1.95. The predicted molar refractivity (Wildman–Crippen MR) is 82.9 cm³/mol. The van der Waals surface area contributed by atoms with E-state index in [1.165, 1.54) is 5.56 Å². The van der Waals surface area contributed by atoms with E-state index in [0.29, 0.717) is 11.7 Å². The van der Waals surface area contributed by atoms with Crippen LogP contribution in [0.2, 0.25) is 0 Å². The minimum absolute atomic E-state index is 0.250. The van der Waals surface area contributed by atoms with Gasteiger partial charge in [-0.25, -0.2) is 0 Å². The minimum atomic E-state index is 0.250. The summed E-state index contributed by atoms with van der Waals surface area (Å²) in [6.07, 6.45) is 0. The van der Waals surface area contributed by atoms with E-state index in [1.807, 2.05) is 55.5 Å². The minimum Gasteiger partial charge on any atom is -0.484 e. The van der Waals surface area contributed by atoms with Crippen LogP contribution in [0.15, 0.2) is 57.5 Å². The lowest BCUT2D eigenvalue weighted by Gasteiger charge is -2.02. The second kappa shape index (κ2) is 6.10. The van der Waals surface area contributed by atoms with E-state index in [1.54, 1.807) is 0 Å². The molecule has 0 unspecified atom stereocenters. The third kappa shape index (κ3) is 3.49. The second-order valence-electron chi connectivity index (χ2n) is 4.62. The SMILES string of the molecule is Cc1ccc(-c2noc(COc3ccc(Br)cc3)n2)cc1. The molecule has 0 atom stereocenters. The standard InChI is InChI=1S/C16H13BrN2O2/c1-11-2-4-12(5-3-11)16-18-15(21-19-16)10-20-14-8-6-13(17)7-9-14/h2-9H,10H2,1H3. The van der Waals surface area contributed by atoms with Crippen molar-refractivity contribution in [2.75, 3.05) is 0 Å². The molecule has 5 heteroatoms. The Hall–Kier alpha value is -2.14. The number of rotatable bonds is 4. The van der Waals surface area contributed by atoms with E-state index in [2.05, 4.69) is 26.1 Å². The highest BCUT2D eigenvalue weighted by Crippen LogP contribution is 2.19. The maximum absolute atomic E-state index is 5.60. The van der Waals surface area contributed by atoms with Crippen LogP contribution >= 0.6 is 15.9 Å². The van der Waals surface area contributed by atoms with Gasteiger partial charge in [-0.15, -0.1) is 0 Å². The summed E-state index contributed by atoms with van der Waals surface area (Å²) in [5, 5.41) is 3.97. The molecule has 2 aromatic carbocycles. The molecule has 3 rings (SSSR count). The van der Waals surface area contributed by atoms with Crippen LogP contribution in [0.1, 0.15) is 11.5 Å². The van der Waals surface area contributed by atoms with Gasteiger partial charge in [-0.3, -0.25) is 0 Å². The molecule has 21 heavy (non-hydrogen) atoms. The average Bonchev–Trinajstić information content (AvgIpc) is 2.96. The number of benzene rings is 2. The van der Waals surface area contributed by atoms with Gasteiger partial charge in [-0.1, -0.05) is 50.9 Å². The molecule has 1 heterocycles. The first-order valence-corrected chi connectivity index (χ1v) is 7.28. The topological polar surface area (TPSA) is 48.2 Å². The molecule has 4 nitrogen and oxygen atoms in total. The van der Waals surface area contributed by atoms with Gasteiger partial charge in [-0.2, -0.15) is 4.98 Å². The summed E-state index contributed by atoms with van der Waals surface area (Å²) in [4.78, 5) is 4.33. The highest BCUT2D eigenvalue weighted by Gasteiger charge is 2.09. The van der Waals surface area contributed by atoms with Crippen molar-refractivity contribution >= 4 is 15.9 Å². The molecule has 0 bridgehead atoms. The van der Waals surface area contributed by atoms with Crippen LogP contribution in [0.3, 0.4) is 0 Å². The van der Waals surface area contributed by atoms with Crippen LogP contribution in [0.5, 0.6) is 5.75 Å². The Morgan fingerprint density at radius 1 is 1.05 bits per heavy atom. The molecule has 0 fully saturated rings. The summed E-state index contributed by atoms with van der Waals surface area (Å²) in [5.41, 5.74) is 2.13. The maximum Gasteiger partial charge on any atom is 0.264 e. The van der Waals surface area contributed by atoms with Crippen molar-refractivity contribution in [3.05, 3.63) is 64.5 Å². The highest BCUT2D eigenvalue weighted by molar-refractivity contribution is 9.10. The Bertz CT molecular complexity index is 721. The number of hydrogen-bond donors (Lipinski definition) is 0. The largest absolute Gasteiger partial charge is 0.484 e. The van der Waals surface area contributed by atoms with Gasteiger partial charge in [0.25, 0.3) is 5.89 Å². The van der Waals surface area contributed by atoms with Crippen LogP contribution in [0.4, 0.5) is 0 Å².